The van der Waals surface area contributed by atoms with E-state index in [-0.39, 0.29) is 29.6 Å². The summed E-state index contributed by atoms with van der Waals surface area (Å²) < 4.78 is 0. The fourth-order valence-electron chi connectivity index (χ4n) is 0.948. The Morgan fingerprint density at radius 3 is 2.85 bits per heavy atom. The summed E-state index contributed by atoms with van der Waals surface area (Å²) in [5.41, 5.74) is 0. The summed E-state index contributed by atoms with van der Waals surface area (Å²) in [6, 6.07) is 2.29. The first-order valence-corrected chi connectivity index (χ1v) is 4.64. The van der Waals surface area contributed by atoms with Crippen molar-refractivity contribution in [3.63, 3.8) is 0 Å². The zero-order valence-electron chi connectivity index (χ0n) is 7.38. The molecule has 1 heterocycles. The van der Waals surface area contributed by atoms with E-state index < -0.39 is 0 Å². The summed E-state index contributed by atoms with van der Waals surface area (Å²) in [6.45, 7) is 0. The number of hydrogen-bond acceptors (Lipinski definition) is 3. The van der Waals surface area contributed by atoms with Crippen LogP contribution in [0.25, 0.3) is 0 Å². The molecule has 0 spiro atoms. The van der Waals surface area contributed by atoms with E-state index in [1.165, 1.54) is 12.8 Å². The number of aromatic nitrogens is 1. The van der Waals surface area contributed by atoms with E-state index in [0.717, 1.165) is 5.82 Å². The Kier molecular flexibility index (Phi) is 4.26. The Labute approximate surface area is 110 Å². The van der Waals surface area contributed by atoms with Crippen molar-refractivity contribution < 1.29 is 29.6 Å². The van der Waals surface area contributed by atoms with Gasteiger partial charge in [-0.15, -0.1) is 0 Å². The van der Waals surface area contributed by atoms with E-state index >= 15 is 0 Å². The Morgan fingerprint density at radius 2 is 2.23 bits per heavy atom. The molecule has 0 saturated heterocycles. The number of halogens is 1. The Morgan fingerprint density at radius 1 is 1.54 bits per heavy atom. The maximum atomic E-state index is 5.94. The second-order valence-electron chi connectivity index (χ2n) is 2.89. The Hall–Kier alpha value is 0.460. The van der Waals surface area contributed by atoms with Crippen LogP contribution < -0.4 is 34.9 Å². The van der Waals surface area contributed by atoms with Gasteiger partial charge in [0, 0.05) is 12.2 Å². The first kappa shape index (κ1) is 11.5. The number of nitrogens with zero attached hydrogens (tertiary/aromatic N) is 1. The third kappa shape index (κ3) is 2.96. The molecule has 0 aliphatic heterocycles. The van der Waals surface area contributed by atoms with Crippen molar-refractivity contribution in [2.45, 2.75) is 23.8 Å². The van der Waals surface area contributed by atoms with Gasteiger partial charge in [-0.1, -0.05) is 17.7 Å². The number of hydrogen-bond donors (Lipinski definition) is 1. The molecule has 13 heavy (non-hydrogen) atoms. The molecule has 2 nitrogen and oxygen atoms in total. The van der Waals surface area contributed by atoms with Crippen LogP contribution in [0.4, 0.5) is 5.82 Å². The second-order valence-corrected chi connectivity index (χ2v) is 3.71. The second kappa shape index (κ2) is 4.80. The first-order valence-electron chi connectivity index (χ1n) is 3.85. The molecule has 64 valence electrons. The van der Waals surface area contributed by atoms with E-state index in [0.29, 0.717) is 16.0 Å². The van der Waals surface area contributed by atoms with E-state index in [2.05, 4.69) is 10.3 Å². The van der Waals surface area contributed by atoms with Gasteiger partial charge in [0.05, 0.1) is 5.02 Å². The monoisotopic (exact) mass is 222 g/mol. The number of anilines is 1. The molecule has 1 aromatic heterocycles. The van der Waals surface area contributed by atoms with Gasteiger partial charge in [0.25, 0.3) is 0 Å². The van der Waals surface area contributed by atoms with E-state index in [1.54, 1.807) is 12.3 Å². The molecular formula is C8H8ClN2NaS. The SMILES string of the molecule is [Na+].[S-]c1ccnc(NC2CC2)c1Cl. The number of rotatable bonds is 2. The summed E-state index contributed by atoms with van der Waals surface area (Å²) in [5, 5.41) is 3.78. The average molecular weight is 223 g/mol. The molecule has 1 saturated carbocycles. The zero-order chi connectivity index (χ0) is 8.55. The van der Waals surface area contributed by atoms with Gasteiger partial charge in [0.2, 0.25) is 0 Å². The van der Waals surface area contributed by atoms with Crippen molar-refractivity contribution >= 4 is 30.0 Å². The number of nitrogens with one attached hydrogen (secondary N) is 1. The van der Waals surface area contributed by atoms with Crippen LogP contribution in [0.15, 0.2) is 17.2 Å². The van der Waals surface area contributed by atoms with Crippen molar-refractivity contribution in [1.29, 1.82) is 0 Å². The van der Waals surface area contributed by atoms with Gasteiger partial charge in [0.1, 0.15) is 5.82 Å². The molecule has 0 atom stereocenters. The van der Waals surface area contributed by atoms with E-state index in [1.807, 2.05) is 0 Å². The molecule has 1 aliphatic rings. The largest absolute Gasteiger partial charge is 1.00 e. The summed E-state index contributed by atoms with van der Waals surface area (Å²) in [6.07, 6.45) is 4.10. The van der Waals surface area contributed by atoms with Crippen molar-refractivity contribution in [3.05, 3.63) is 17.3 Å². The van der Waals surface area contributed by atoms with Crippen LogP contribution in [0.5, 0.6) is 0 Å². The molecule has 1 aromatic rings. The topological polar surface area (TPSA) is 24.9 Å². The third-order valence-corrected chi connectivity index (χ3v) is 2.61. The molecule has 5 heteroatoms. The third-order valence-electron chi connectivity index (χ3n) is 1.77. The van der Waals surface area contributed by atoms with Crippen LogP contribution in [0.2, 0.25) is 5.02 Å². The van der Waals surface area contributed by atoms with Gasteiger partial charge in [-0.05, 0) is 12.8 Å². The average Bonchev–Trinajstić information content (AvgIpc) is 2.83. The molecule has 0 aromatic carbocycles. The van der Waals surface area contributed by atoms with Gasteiger partial charge >= 0.3 is 29.6 Å². The Bertz CT molecular complexity index is 304. The molecule has 0 radical (unpaired) electrons. The van der Waals surface area contributed by atoms with Crippen molar-refractivity contribution in [3.8, 4) is 0 Å². The van der Waals surface area contributed by atoms with E-state index in [4.69, 9.17) is 24.2 Å². The van der Waals surface area contributed by atoms with Gasteiger partial charge in [-0.3, -0.25) is 0 Å². The molecule has 0 unspecified atom stereocenters. The van der Waals surface area contributed by atoms with Crippen molar-refractivity contribution in [2.24, 2.45) is 0 Å². The summed E-state index contributed by atoms with van der Waals surface area (Å²) in [4.78, 5) is 4.77. The quantitative estimate of drug-likeness (QED) is 0.525. The smallest absolute Gasteiger partial charge is 0.778 e. The van der Waals surface area contributed by atoms with Crippen LogP contribution in [0.1, 0.15) is 12.8 Å². The van der Waals surface area contributed by atoms with E-state index in [9.17, 15) is 0 Å². The summed E-state index contributed by atoms with van der Waals surface area (Å²) in [7, 11) is 0. The van der Waals surface area contributed by atoms with Crippen molar-refractivity contribution in [2.75, 3.05) is 5.32 Å². The molecule has 0 amide bonds. The van der Waals surface area contributed by atoms with Gasteiger partial charge in [-0.2, -0.15) is 4.90 Å². The minimum atomic E-state index is 0. The summed E-state index contributed by atoms with van der Waals surface area (Å²) >= 11 is 10.9. The maximum Gasteiger partial charge on any atom is 1.00 e. The van der Waals surface area contributed by atoms with Gasteiger partial charge in [-0.25, -0.2) is 4.98 Å². The predicted molar refractivity (Wildman–Crippen MR) is 51.5 cm³/mol. The van der Waals surface area contributed by atoms with Crippen LogP contribution >= 0.6 is 11.6 Å². The molecule has 1 N–H and O–H groups in total. The molecule has 2 rings (SSSR count). The minimum absolute atomic E-state index is 0. The normalized spacial score (nSPS) is 14.8. The first-order chi connectivity index (χ1) is 5.77. The zero-order valence-corrected chi connectivity index (χ0v) is 11.0. The van der Waals surface area contributed by atoms with Gasteiger partial charge in [0.15, 0.2) is 0 Å². The van der Waals surface area contributed by atoms with Crippen LogP contribution in [0, 0.1) is 0 Å². The van der Waals surface area contributed by atoms with Gasteiger partial charge < -0.3 is 17.9 Å². The fourth-order valence-corrected chi connectivity index (χ4v) is 1.27. The molecule has 1 fully saturated rings. The van der Waals surface area contributed by atoms with Crippen LogP contribution in [-0.4, -0.2) is 11.0 Å². The van der Waals surface area contributed by atoms with Crippen LogP contribution in [-0.2, 0) is 12.6 Å². The minimum Gasteiger partial charge on any atom is -0.778 e. The van der Waals surface area contributed by atoms with Crippen LogP contribution in [0.3, 0.4) is 0 Å². The fraction of sp³-hybridized carbons (Fsp3) is 0.375. The Balaban J connectivity index is 0.000000845. The standard InChI is InChI=1S/C8H9ClN2S.Na/c9-7-6(12)3-4-10-8(7)11-5-1-2-5;/h3-5H,1-2H2,(H2,10,11,12);/q;+1/p-1. The maximum absolute atomic E-state index is 5.94. The predicted octanol–water partition coefficient (Wildman–Crippen LogP) is -0.781. The number of pyridine rings is 1. The summed E-state index contributed by atoms with van der Waals surface area (Å²) in [5.74, 6) is 0.728. The molecule has 0 bridgehead atoms. The van der Waals surface area contributed by atoms with Crippen molar-refractivity contribution in [1.82, 2.24) is 4.98 Å². The molecular weight excluding hydrogens is 215 g/mol. The molecule has 1 aliphatic carbocycles.